The van der Waals surface area contributed by atoms with Crippen LogP contribution in [0.15, 0.2) is 43.0 Å². The van der Waals surface area contributed by atoms with Gasteiger partial charge in [-0.2, -0.15) is 5.10 Å². The molecular formula is C17H24N4O3. The number of β-amino-alcohol motifs (C(OH)–C–C–N with tert-alkyl or cyclic N) is 1. The predicted molar refractivity (Wildman–Crippen MR) is 88.3 cm³/mol. The molecule has 0 amide bonds. The van der Waals surface area contributed by atoms with E-state index in [-0.39, 0.29) is 6.10 Å². The molecule has 1 saturated heterocycles. The Morgan fingerprint density at radius 2 is 2.21 bits per heavy atom. The standard InChI is InChI=1S/C17H24N4O3/c22-16(12-23-11-15-4-2-1-3-5-15)8-20-6-7-24-17(9-20)10-21-14-18-13-19-21/h1-5,13-14,16-17,22H,6-12H2/t16-,17+/m0/s1. The molecule has 0 unspecified atom stereocenters. The third-order valence-corrected chi connectivity index (χ3v) is 3.97. The Morgan fingerprint density at radius 1 is 1.33 bits per heavy atom. The van der Waals surface area contributed by atoms with Crippen molar-refractivity contribution >= 4 is 0 Å². The second-order valence-electron chi connectivity index (χ2n) is 6.02. The van der Waals surface area contributed by atoms with Gasteiger partial charge in [0, 0.05) is 19.6 Å². The van der Waals surface area contributed by atoms with Crippen LogP contribution in [0, 0.1) is 0 Å². The van der Waals surface area contributed by atoms with Gasteiger partial charge in [-0.3, -0.25) is 9.58 Å². The molecule has 7 nitrogen and oxygen atoms in total. The minimum atomic E-state index is -0.501. The van der Waals surface area contributed by atoms with Crippen LogP contribution in [0.2, 0.25) is 0 Å². The summed E-state index contributed by atoms with van der Waals surface area (Å²) >= 11 is 0. The number of hydrogen-bond acceptors (Lipinski definition) is 6. The van der Waals surface area contributed by atoms with Gasteiger partial charge in [0.15, 0.2) is 0 Å². The van der Waals surface area contributed by atoms with Gasteiger partial charge >= 0.3 is 0 Å². The highest BCUT2D eigenvalue weighted by Gasteiger charge is 2.22. The first kappa shape index (κ1) is 17.0. The van der Waals surface area contributed by atoms with Gasteiger partial charge in [-0.05, 0) is 5.56 Å². The molecule has 2 aromatic rings. The fourth-order valence-corrected chi connectivity index (χ4v) is 2.83. The lowest BCUT2D eigenvalue weighted by Gasteiger charge is -2.33. The van der Waals surface area contributed by atoms with Crippen LogP contribution in [-0.4, -0.2) is 69.8 Å². The van der Waals surface area contributed by atoms with E-state index in [9.17, 15) is 5.11 Å². The van der Waals surface area contributed by atoms with Crippen LogP contribution >= 0.6 is 0 Å². The Morgan fingerprint density at radius 3 is 3.00 bits per heavy atom. The lowest BCUT2D eigenvalue weighted by atomic mass is 10.2. The van der Waals surface area contributed by atoms with Gasteiger partial charge in [0.25, 0.3) is 0 Å². The van der Waals surface area contributed by atoms with Crippen LogP contribution in [0.1, 0.15) is 5.56 Å². The van der Waals surface area contributed by atoms with E-state index in [2.05, 4.69) is 15.0 Å². The molecule has 0 aliphatic carbocycles. The van der Waals surface area contributed by atoms with Crippen LogP contribution in [-0.2, 0) is 22.6 Å². The number of hydrogen-bond donors (Lipinski definition) is 1. The predicted octanol–water partition coefficient (Wildman–Crippen LogP) is 0.557. The highest BCUT2D eigenvalue weighted by molar-refractivity contribution is 5.13. The SMILES string of the molecule is O[C@H](COCc1ccccc1)CN1CCO[C@@H](Cn2cncn2)C1. The zero-order valence-electron chi connectivity index (χ0n) is 13.7. The van der Waals surface area contributed by atoms with E-state index in [1.807, 2.05) is 30.3 Å². The number of nitrogens with zero attached hydrogens (tertiary/aromatic N) is 4. The van der Waals surface area contributed by atoms with Crippen molar-refractivity contribution in [2.75, 3.05) is 32.8 Å². The lowest BCUT2D eigenvalue weighted by Crippen LogP contribution is -2.47. The van der Waals surface area contributed by atoms with E-state index in [0.29, 0.717) is 32.9 Å². The number of benzene rings is 1. The summed E-state index contributed by atoms with van der Waals surface area (Å²) in [5.41, 5.74) is 1.11. The molecule has 1 N–H and O–H groups in total. The molecule has 0 radical (unpaired) electrons. The lowest BCUT2D eigenvalue weighted by molar-refractivity contribution is -0.0583. The summed E-state index contributed by atoms with van der Waals surface area (Å²) in [6, 6.07) is 9.98. The van der Waals surface area contributed by atoms with Gasteiger partial charge in [0.2, 0.25) is 0 Å². The Kier molecular flexibility index (Phi) is 6.31. The minimum Gasteiger partial charge on any atom is -0.389 e. The number of aliphatic hydroxyl groups is 1. The Hall–Kier alpha value is -1.80. The maximum Gasteiger partial charge on any atom is 0.137 e. The van der Waals surface area contributed by atoms with Crippen molar-refractivity contribution in [3.05, 3.63) is 48.5 Å². The van der Waals surface area contributed by atoms with E-state index < -0.39 is 6.10 Å². The molecule has 1 aromatic carbocycles. The van der Waals surface area contributed by atoms with E-state index in [1.54, 1.807) is 11.0 Å². The van der Waals surface area contributed by atoms with Gasteiger partial charge in [0.05, 0.1) is 38.6 Å². The summed E-state index contributed by atoms with van der Waals surface area (Å²) in [4.78, 5) is 6.15. The normalized spacial score (nSPS) is 20.1. The van der Waals surface area contributed by atoms with Crippen molar-refractivity contribution in [2.24, 2.45) is 0 Å². The summed E-state index contributed by atoms with van der Waals surface area (Å²) in [6.07, 6.45) is 2.78. The fraction of sp³-hybridized carbons (Fsp3) is 0.529. The largest absolute Gasteiger partial charge is 0.389 e. The molecule has 0 saturated carbocycles. The van der Waals surface area contributed by atoms with Crippen molar-refractivity contribution in [1.82, 2.24) is 19.7 Å². The first-order valence-corrected chi connectivity index (χ1v) is 8.25. The summed E-state index contributed by atoms with van der Waals surface area (Å²) in [5, 5.41) is 14.3. The molecule has 1 fully saturated rings. The molecule has 7 heteroatoms. The number of morpholine rings is 1. The van der Waals surface area contributed by atoms with Crippen molar-refractivity contribution in [2.45, 2.75) is 25.4 Å². The number of ether oxygens (including phenoxy) is 2. The van der Waals surface area contributed by atoms with E-state index in [1.165, 1.54) is 6.33 Å². The van der Waals surface area contributed by atoms with E-state index >= 15 is 0 Å². The summed E-state index contributed by atoms with van der Waals surface area (Å²) in [7, 11) is 0. The molecular weight excluding hydrogens is 308 g/mol. The van der Waals surface area contributed by atoms with Crippen LogP contribution in [0.3, 0.4) is 0 Å². The molecule has 2 heterocycles. The third kappa shape index (κ3) is 5.38. The maximum atomic E-state index is 10.2. The van der Waals surface area contributed by atoms with Gasteiger partial charge in [-0.25, -0.2) is 4.98 Å². The van der Waals surface area contributed by atoms with Gasteiger partial charge in [-0.15, -0.1) is 0 Å². The highest BCUT2D eigenvalue weighted by Crippen LogP contribution is 2.08. The molecule has 0 spiro atoms. The summed E-state index contributed by atoms with van der Waals surface area (Å²) in [6.45, 7) is 4.38. The number of aromatic nitrogens is 3. The van der Waals surface area contributed by atoms with Crippen molar-refractivity contribution < 1.29 is 14.6 Å². The molecule has 1 aliphatic rings. The van der Waals surface area contributed by atoms with Crippen LogP contribution in [0.25, 0.3) is 0 Å². The Labute approximate surface area is 141 Å². The molecule has 130 valence electrons. The van der Waals surface area contributed by atoms with E-state index in [4.69, 9.17) is 9.47 Å². The quantitative estimate of drug-likeness (QED) is 0.761. The minimum absolute atomic E-state index is 0.0675. The van der Waals surface area contributed by atoms with Gasteiger partial charge < -0.3 is 14.6 Å². The Bertz CT molecular complexity index is 579. The van der Waals surface area contributed by atoms with Crippen molar-refractivity contribution in [3.8, 4) is 0 Å². The maximum absolute atomic E-state index is 10.2. The first-order valence-electron chi connectivity index (χ1n) is 8.25. The van der Waals surface area contributed by atoms with Crippen LogP contribution in [0.4, 0.5) is 0 Å². The smallest absolute Gasteiger partial charge is 0.137 e. The number of rotatable bonds is 8. The summed E-state index contributed by atoms with van der Waals surface area (Å²) < 4.78 is 13.1. The summed E-state index contributed by atoms with van der Waals surface area (Å²) in [5.74, 6) is 0. The fourth-order valence-electron chi connectivity index (χ4n) is 2.83. The monoisotopic (exact) mass is 332 g/mol. The Balaban J connectivity index is 1.36. The van der Waals surface area contributed by atoms with Crippen LogP contribution < -0.4 is 0 Å². The highest BCUT2D eigenvalue weighted by atomic mass is 16.5. The first-order chi connectivity index (χ1) is 11.8. The van der Waals surface area contributed by atoms with E-state index in [0.717, 1.165) is 18.7 Å². The zero-order chi connectivity index (χ0) is 16.6. The van der Waals surface area contributed by atoms with Gasteiger partial charge in [0.1, 0.15) is 12.7 Å². The molecule has 2 atom stereocenters. The second kappa shape index (κ2) is 8.89. The molecule has 0 bridgehead atoms. The second-order valence-corrected chi connectivity index (χ2v) is 6.02. The van der Waals surface area contributed by atoms with Crippen molar-refractivity contribution in [1.29, 1.82) is 0 Å². The average molecular weight is 332 g/mol. The van der Waals surface area contributed by atoms with Crippen molar-refractivity contribution in [3.63, 3.8) is 0 Å². The average Bonchev–Trinajstić information content (AvgIpc) is 3.09. The third-order valence-electron chi connectivity index (χ3n) is 3.97. The van der Waals surface area contributed by atoms with Crippen LogP contribution in [0.5, 0.6) is 0 Å². The zero-order valence-corrected chi connectivity index (χ0v) is 13.7. The molecule has 3 rings (SSSR count). The molecule has 24 heavy (non-hydrogen) atoms. The number of aliphatic hydroxyl groups excluding tert-OH is 1. The molecule has 1 aromatic heterocycles. The van der Waals surface area contributed by atoms with Gasteiger partial charge in [-0.1, -0.05) is 30.3 Å². The molecule has 1 aliphatic heterocycles. The topological polar surface area (TPSA) is 72.6 Å².